The fraction of sp³-hybridized carbons (Fsp3) is 0.312. The largest absolute Gasteiger partial charge is 0.507 e. The van der Waals surface area contributed by atoms with Crippen molar-refractivity contribution >= 4 is 11.9 Å². The van der Waals surface area contributed by atoms with Crippen LogP contribution in [0.15, 0.2) is 41.2 Å². The number of allylic oxidation sites excluding steroid dienone is 2. The average molecular weight is 296 g/mol. The van der Waals surface area contributed by atoms with Gasteiger partial charge in [0.05, 0.1) is 0 Å². The number of alkyl halides is 3. The van der Waals surface area contributed by atoms with Crippen molar-refractivity contribution in [2.45, 2.75) is 32.4 Å². The zero-order chi connectivity index (χ0) is 15.6. The first-order valence-electron chi connectivity index (χ1n) is 6.60. The molecule has 1 aliphatic rings. The molecule has 0 amide bonds. The monoisotopic (exact) mass is 296 g/mol. The molecule has 0 unspecified atom stereocenters. The molecule has 0 saturated carbocycles. The number of Topliss-reactive ketones (excluding diaryl/α,β-unsaturated/α-hetero) is 1. The van der Waals surface area contributed by atoms with Crippen LogP contribution in [0.1, 0.15) is 30.4 Å². The Labute approximate surface area is 120 Å². The van der Waals surface area contributed by atoms with E-state index in [2.05, 4.69) is 0 Å². The molecule has 1 aliphatic carbocycles. The highest BCUT2D eigenvalue weighted by Crippen LogP contribution is 2.33. The zero-order valence-electron chi connectivity index (χ0n) is 11.5. The van der Waals surface area contributed by atoms with Gasteiger partial charge in [0, 0.05) is 5.57 Å². The summed E-state index contributed by atoms with van der Waals surface area (Å²) < 4.78 is 37.5. The van der Waals surface area contributed by atoms with Crippen LogP contribution in [-0.2, 0) is 4.79 Å². The van der Waals surface area contributed by atoms with Gasteiger partial charge in [0.1, 0.15) is 5.76 Å². The highest BCUT2D eigenvalue weighted by Gasteiger charge is 2.42. The van der Waals surface area contributed by atoms with Gasteiger partial charge in [-0.05, 0) is 43.4 Å². The predicted octanol–water partition coefficient (Wildman–Crippen LogP) is 4.51. The maximum absolute atomic E-state index is 12.5. The summed E-state index contributed by atoms with van der Waals surface area (Å²) in [6.45, 7) is 1.93. The number of aliphatic hydroxyl groups is 1. The third-order valence-electron chi connectivity index (χ3n) is 3.41. The van der Waals surface area contributed by atoms with Crippen molar-refractivity contribution in [2.75, 3.05) is 0 Å². The van der Waals surface area contributed by atoms with Gasteiger partial charge in [-0.2, -0.15) is 13.2 Å². The lowest BCUT2D eigenvalue weighted by Crippen LogP contribution is -2.27. The third kappa shape index (κ3) is 3.54. The second kappa shape index (κ2) is 5.76. The second-order valence-corrected chi connectivity index (χ2v) is 5.09. The van der Waals surface area contributed by atoms with Gasteiger partial charge < -0.3 is 5.11 Å². The number of rotatable bonds is 2. The molecule has 0 heterocycles. The van der Waals surface area contributed by atoms with Crippen LogP contribution in [0.25, 0.3) is 6.08 Å². The van der Waals surface area contributed by atoms with E-state index in [1.807, 2.05) is 31.2 Å². The van der Waals surface area contributed by atoms with E-state index >= 15 is 0 Å². The number of aryl methyl sites for hydroxylation is 1. The number of hydrogen-bond acceptors (Lipinski definition) is 2. The van der Waals surface area contributed by atoms with Crippen molar-refractivity contribution in [3.8, 4) is 0 Å². The summed E-state index contributed by atoms with van der Waals surface area (Å²) in [4.78, 5) is 11.3. The van der Waals surface area contributed by atoms with Gasteiger partial charge in [-0.15, -0.1) is 0 Å². The summed E-state index contributed by atoms with van der Waals surface area (Å²) in [6.07, 6.45) is -2.50. The molecule has 0 radical (unpaired) electrons. The molecule has 0 aromatic heterocycles. The molecule has 0 saturated heterocycles. The summed E-state index contributed by atoms with van der Waals surface area (Å²) in [5.74, 6) is -2.47. The fourth-order valence-corrected chi connectivity index (χ4v) is 2.28. The van der Waals surface area contributed by atoms with Crippen LogP contribution in [-0.4, -0.2) is 17.1 Å². The second-order valence-electron chi connectivity index (χ2n) is 5.09. The van der Waals surface area contributed by atoms with E-state index in [1.165, 1.54) is 0 Å². The molecule has 0 aliphatic heterocycles. The standard InChI is InChI=1S/C16H15F3O2/c1-10-5-7-11(8-6-10)9-12-3-2-4-13(14(12)20)15(21)16(17,18)19/h5-9,20H,2-4H2,1H3. The zero-order valence-corrected chi connectivity index (χ0v) is 11.5. The Bertz CT molecular complexity index is 607. The Balaban J connectivity index is 2.37. The van der Waals surface area contributed by atoms with Gasteiger partial charge in [-0.1, -0.05) is 29.8 Å². The Hall–Kier alpha value is -2.04. The summed E-state index contributed by atoms with van der Waals surface area (Å²) in [5.41, 5.74) is 1.68. The predicted molar refractivity (Wildman–Crippen MR) is 73.7 cm³/mol. The summed E-state index contributed by atoms with van der Waals surface area (Å²) >= 11 is 0. The molecule has 0 fully saturated rings. The first kappa shape index (κ1) is 15.4. The molecule has 1 N–H and O–H groups in total. The Kier molecular flexibility index (Phi) is 4.21. The van der Waals surface area contributed by atoms with Gasteiger partial charge >= 0.3 is 6.18 Å². The third-order valence-corrected chi connectivity index (χ3v) is 3.41. The van der Waals surface area contributed by atoms with E-state index < -0.39 is 23.3 Å². The van der Waals surface area contributed by atoms with Crippen molar-refractivity contribution in [3.63, 3.8) is 0 Å². The Morgan fingerprint density at radius 3 is 2.38 bits per heavy atom. The van der Waals surface area contributed by atoms with E-state index in [-0.39, 0.29) is 6.42 Å². The van der Waals surface area contributed by atoms with Crippen LogP contribution in [0.2, 0.25) is 0 Å². The number of carbonyl (C=O) groups is 1. The molecular formula is C16H15F3O2. The molecule has 112 valence electrons. The van der Waals surface area contributed by atoms with Gasteiger partial charge in [-0.3, -0.25) is 4.79 Å². The average Bonchev–Trinajstić information content (AvgIpc) is 2.42. The number of aliphatic hydroxyl groups excluding tert-OH is 1. The molecule has 21 heavy (non-hydrogen) atoms. The fourth-order valence-electron chi connectivity index (χ4n) is 2.28. The first-order valence-corrected chi connectivity index (χ1v) is 6.60. The van der Waals surface area contributed by atoms with Crippen molar-refractivity contribution in [2.24, 2.45) is 0 Å². The highest BCUT2D eigenvalue weighted by molar-refractivity contribution is 6.00. The minimum atomic E-state index is -4.95. The van der Waals surface area contributed by atoms with Crippen LogP contribution in [0.5, 0.6) is 0 Å². The van der Waals surface area contributed by atoms with E-state index in [1.54, 1.807) is 6.08 Å². The van der Waals surface area contributed by atoms with Crippen LogP contribution in [0.4, 0.5) is 13.2 Å². The summed E-state index contributed by atoms with van der Waals surface area (Å²) in [7, 11) is 0. The van der Waals surface area contributed by atoms with Crippen molar-refractivity contribution in [3.05, 3.63) is 52.3 Å². The smallest absolute Gasteiger partial charge is 0.454 e. The van der Waals surface area contributed by atoms with Gasteiger partial charge in [0.25, 0.3) is 5.78 Å². The summed E-state index contributed by atoms with van der Waals surface area (Å²) in [5, 5.41) is 9.97. The molecular weight excluding hydrogens is 281 g/mol. The van der Waals surface area contributed by atoms with Crippen LogP contribution in [0.3, 0.4) is 0 Å². The van der Waals surface area contributed by atoms with E-state index in [0.29, 0.717) is 18.4 Å². The van der Waals surface area contributed by atoms with Crippen LogP contribution >= 0.6 is 0 Å². The van der Waals surface area contributed by atoms with Gasteiger partial charge in [0.2, 0.25) is 0 Å². The van der Waals surface area contributed by atoms with Crippen molar-refractivity contribution < 1.29 is 23.1 Å². The number of hydrogen-bond donors (Lipinski definition) is 1. The van der Waals surface area contributed by atoms with Crippen LogP contribution < -0.4 is 0 Å². The van der Waals surface area contributed by atoms with E-state index in [9.17, 15) is 23.1 Å². The number of ketones is 1. The number of halogens is 3. The molecule has 0 spiro atoms. The number of benzene rings is 1. The topological polar surface area (TPSA) is 37.3 Å². The highest BCUT2D eigenvalue weighted by atomic mass is 19.4. The molecule has 2 rings (SSSR count). The van der Waals surface area contributed by atoms with Gasteiger partial charge in [0.15, 0.2) is 0 Å². The molecule has 0 atom stereocenters. The molecule has 0 bridgehead atoms. The molecule has 5 heteroatoms. The molecule has 2 nitrogen and oxygen atoms in total. The molecule has 1 aromatic carbocycles. The lowest BCUT2D eigenvalue weighted by Gasteiger charge is -2.19. The van der Waals surface area contributed by atoms with Crippen LogP contribution in [0, 0.1) is 6.92 Å². The van der Waals surface area contributed by atoms with Crippen molar-refractivity contribution in [1.82, 2.24) is 0 Å². The Morgan fingerprint density at radius 2 is 1.81 bits per heavy atom. The van der Waals surface area contributed by atoms with Crippen molar-refractivity contribution in [1.29, 1.82) is 0 Å². The molecule has 1 aromatic rings. The number of carbonyl (C=O) groups excluding carboxylic acids is 1. The lowest BCUT2D eigenvalue weighted by molar-refractivity contribution is -0.167. The lowest BCUT2D eigenvalue weighted by atomic mass is 9.89. The SMILES string of the molecule is Cc1ccc(C=C2CCCC(C(=O)C(F)(F)F)=C2O)cc1. The van der Waals surface area contributed by atoms with E-state index in [4.69, 9.17) is 0 Å². The minimum Gasteiger partial charge on any atom is -0.507 e. The quantitative estimate of drug-likeness (QED) is 0.872. The maximum Gasteiger partial charge on any atom is 0.454 e. The van der Waals surface area contributed by atoms with E-state index in [0.717, 1.165) is 11.1 Å². The van der Waals surface area contributed by atoms with Gasteiger partial charge in [-0.25, -0.2) is 0 Å². The first-order chi connectivity index (χ1) is 9.79. The maximum atomic E-state index is 12.5. The normalized spacial score (nSPS) is 18.2. The Morgan fingerprint density at radius 1 is 1.19 bits per heavy atom. The minimum absolute atomic E-state index is 0.0462. The summed E-state index contributed by atoms with van der Waals surface area (Å²) in [6, 6.07) is 7.38.